The highest BCUT2D eigenvalue weighted by Crippen LogP contribution is 2.28. The van der Waals surface area contributed by atoms with Crippen molar-refractivity contribution < 1.29 is 8.42 Å². The molecule has 0 fully saturated rings. The molecule has 2 aromatic carbocycles. The lowest BCUT2D eigenvalue weighted by Crippen LogP contribution is -2.35. The molecule has 0 radical (unpaired) electrons. The maximum Gasteiger partial charge on any atom is 0.173 e. The summed E-state index contributed by atoms with van der Waals surface area (Å²) in [7, 11) is -3.10. The second kappa shape index (κ2) is 6.73. The predicted molar refractivity (Wildman–Crippen MR) is 103 cm³/mol. The first kappa shape index (κ1) is 17.2. The second-order valence-electron chi connectivity index (χ2n) is 6.21. The Morgan fingerprint density at radius 1 is 1.12 bits per heavy atom. The van der Waals surface area contributed by atoms with Gasteiger partial charge in [-0.2, -0.15) is 0 Å². The van der Waals surface area contributed by atoms with Gasteiger partial charge in [0.1, 0.15) is 0 Å². The lowest BCUT2D eigenvalue weighted by Gasteiger charge is -2.30. The van der Waals surface area contributed by atoms with Crippen molar-refractivity contribution in [3.05, 3.63) is 75.1 Å². The fourth-order valence-electron chi connectivity index (χ4n) is 2.87. The molecule has 0 bridgehead atoms. The van der Waals surface area contributed by atoms with Crippen molar-refractivity contribution in [1.82, 2.24) is 0 Å². The van der Waals surface area contributed by atoms with Gasteiger partial charge in [-0.1, -0.05) is 40.2 Å². The van der Waals surface area contributed by atoms with E-state index in [0.717, 1.165) is 15.7 Å². The van der Waals surface area contributed by atoms with E-state index in [-0.39, 0.29) is 11.8 Å². The van der Waals surface area contributed by atoms with Gasteiger partial charge in [0, 0.05) is 22.1 Å². The van der Waals surface area contributed by atoms with Crippen LogP contribution in [0.25, 0.3) is 0 Å². The molecule has 0 N–H and O–H groups in total. The molecular weight excluding hydrogens is 386 g/mol. The minimum atomic E-state index is -3.10. The molecule has 1 aliphatic heterocycles. The molecule has 1 atom stereocenters. The topological polar surface area (TPSA) is 37.4 Å². The molecular formula is C19H20BrNO2S. The molecule has 0 saturated carbocycles. The van der Waals surface area contributed by atoms with Crippen molar-refractivity contribution in [1.29, 1.82) is 0 Å². The van der Waals surface area contributed by atoms with E-state index in [1.165, 1.54) is 16.5 Å². The summed E-state index contributed by atoms with van der Waals surface area (Å²) >= 11 is 3.59. The highest BCUT2D eigenvalue weighted by molar-refractivity contribution is 9.10. The van der Waals surface area contributed by atoms with Gasteiger partial charge < -0.3 is 4.90 Å². The Bertz CT molecular complexity index is 890. The third kappa shape index (κ3) is 3.73. The molecule has 0 aliphatic carbocycles. The molecule has 0 amide bonds. The number of hydrogen-bond donors (Lipinski definition) is 0. The van der Waals surface area contributed by atoms with Crippen LogP contribution in [-0.4, -0.2) is 20.2 Å². The highest BCUT2D eigenvalue weighted by Gasteiger charge is 2.28. The van der Waals surface area contributed by atoms with Crippen molar-refractivity contribution in [2.75, 3.05) is 10.7 Å². The quantitative estimate of drug-likeness (QED) is 0.756. The SMILES string of the molecule is Cc1ccc(N(Cc2ccccc2Br)C2C=CS(=O)(=O)C2)cc1C. The Kier molecular flexibility index (Phi) is 4.83. The third-order valence-corrected chi connectivity index (χ3v) is 6.58. The molecule has 1 unspecified atom stereocenters. The van der Waals surface area contributed by atoms with Gasteiger partial charge in [-0.05, 0) is 54.8 Å². The molecule has 0 spiro atoms. The summed E-state index contributed by atoms with van der Waals surface area (Å²) in [5, 5.41) is 1.34. The predicted octanol–water partition coefficient (Wildman–Crippen LogP) is 4.38. The molecule has 0 saturated heterocycles. The Hall–Kier alpha value is -1.59. The first-order chi connectivity index (χ1) is 11.4. The molecule has 3 nitrogen and oxygen atoms in total. The number of hydrogen-bond acceptors (Lipinski definition) is 3. The number of anilines is 1. The average Bonchev–Trinajstić information content (AvgIpc) is 2.89. The molecule has 126 valence electrons. The van der Waals surface area contributed by atoms with Crippen LogP contribution in [0, 0.1) is 13.8 Å². The Morgan fingerprint density at radius 2 is 1.88 bits per heavy atom. The Labute approximate surface area is 152 Å². The number of benzene rings is 2. The summed E-state index contributed by atoms with van der Waals surface area (Å²) in [5.41, 5.74) is 4.61. The van der Waals surface area contributed by atoms with E-state index in [9.17, 15) is 8.42 Å². The van der Waals surface area contributed by atoms with Crippen LogP contribution >= 0.6 is 15.9 Å². The lowest BCUT2D eigenvalue weighted by molar-refractivity contribution is 0.601. The summed E-state index contributed by atoms with van der Waals surface area (Å²) < 4.78 is 24.8. The zero-order chi connectivity index (χ0) is 17.3. The van der Waals surface area contributed by atoms with Gasteiger partial charge in [0.15, 0.2) is 9.84 Å². The fourth-order valence-corrected chi connectivity index (χ4v) is 4.58. The largest absolute Gasteiger partial charge is 0.360 e. The van der Waals surface area contributed by atoms with Crippen LogP contribution in [-0.2, 0) is 16.4 Å². The number of nitrogens with zero attached hydrogens (tertiary/aromatic N) is 1. The molecule has 1 aliphatic rings. The maximum absolute atomic E-state index is 11.9. The van der Waals surface area contributed by atoms with Crippen LogP contribution in [0.5, 0.6) is 0 Å². The van der Waals surface area contributed by atoms with Crippen molar-refractivity contribution in [3.8, 4) is 0 Å². The van der Waals surface area contributed by atoms with Gasteiger partial charge in [-0.25, -0.2) is 8.42 Å². The summed E-state index contributed by atoms with van der Waals surface area (Å²) in [6.07, 6.45) is 1.79. The van der Waals surface area contributed by atoms with E-state index in [1.54, 1.807) is 6.08 Å². The Balaban J connectivity index is 1.99. The van der Waals surface area contributed by atoms with E-state index >= 15 is 0 Å². The van der Waals surface area contributed by atoms with E-state index < -0.39 is 9.84 Å². The van der Waals surface area contributed by atoms with Gasteiger partial charge >= 0.3 is 0 Å². The minimum absolute atomic E-state index is 0.129. The molecule has 0 aromatic heterocycles. The highest BCUT2D eigenvalue weighted by atomic mass is 79.9. The second-order valence-corrected chi connectivity index (χ2v) is 9.00. The van der Waals surface area contributed by atoms with Gasteiger partial charge in [0.05, 0.1) is 11.8 Å². The maximum atomic E-state index is 11.9. The van der Waals surface area contributed by atoms with Crippen molar-refractivity contribution in [3.63, 3.8) is 0 Å². The van der Waals surface area contributed by atoms with Crippen molar-refractivity contribution in [2.24, 2.45) is 0 Å². The average molecular weight is 406 g/mol. The smallest absolute Gasteiger partial charge is 0.173 e. The number of sulfone groups is 1. The van der Waals surface area contributed by atoms with Gasteiger partial charge in [-0.15, -0.1) is 0 Å². The summed E-state index contributed by atoms with van der Waals surface area (Å²) in [6.45, 7) is 4.81. The third-order valence-electron chi connectivity index (χ3n) is 4.43. The fraction of sp³-hybridized carbons (Fsp3) is 0.263. The number of rotatable bonds is 4. The zero-order valence-electron chi connectivity index (χ0n) is 13.7. The van der Waals surface area contributed by atoms with E-state index in [4.69, 9.17) is 0 Å². The van der Waals surface area contributed by atoms with Crippen molar-refractivity contribution in [2.45, 2.75) is 26.4 Å². The van der Waals surface area contributed by atoms with Crippen LogP contribution < -0.4 is 4.90 Å². The normalized spacial score (nSPS) is 18.7. The van der Waals surface area contributed by atoms with Crippen LogP contribution in [0.3, 0.4) is 0 Å². The van der Waals surface area contributed by atoms with E-state index in [2.05, 4.69) is 58.9 Å². The minimum Gasteiger partial charge on any atom is -0.360 e. The van der Waals surface area contributed by atoms with E-state index in [0.29, 0.717) is 6.54 Å². The molecule has 24 heavy (non-hydrogen) atoms. The summed E-state index contributed by atoms with van der Waals surface area (Å²) in [4.78, 5) is 2.16. The molecule has 1 heterocycles. The van der Waals surface area contributed by atoms with Crippen LogP contribution in [0.4, 0.5) is 5.69 Å². The zero-order valence-corrected chi connectivity index (χ0v) is 16.1. The first-order valence-corrected chi connectivity index (χ1v) is 10.3. The summed E-state index contributed by atoms with van der Waals surface area (Å²) in [5.74, 6) is 0.129. The lowest BCUT2D eigenvalue weighted by atomic mass is 10.1. The molecule has 2 aromatic rings. The standard InChI is InChI=1S/C19H20BrNO2S/c1-14-7-8-17(11-15(14)2)21(18-9-10-24(22,23)13-18)12-16-5-3-4-6-19(16)20/h3-11,18H,12-13H2,1-2H3. The van der Waals surface area contributed by atoms with Gasteiger partial charge in [-0.3, -0.25) is 0 Å². The van der Waals surface area contributed by atoms with Crippen LogP contribution in [0.1, 0.15) is 16.7 Å². The monoisotopic (exact) mass is 405 g/mol. The number of aryl methyl sites for hydroxylation is 2. The van der Waals surface area contributed by atoms with Crippen LogP contribution in [0.15, 0.2) is 58.4 Å². The number of halogens is 1. The molecule has 3 rings (SSSR count). The van der Waals surface area contributed by atoms with Crippen molar-refractivity contribution >= 4 is 31.5 Å². The Morgan fingerprint density at radius 3 is 2.50 bits per heavy atom. The van der Waals surface area contributed by atoms with E-state index in [1.807, 2.05) is 18.2 Å². The summed E-state index contributed by atoms with van der Waals surface area (Å²) in [6, 6.07) is 14.2. The van der Waals surface area contributed by atoms with Crippen LogP contribution in [0.2, 0.25) is 0 Å². The molecule has 5 heteroatoms. The first-order valence-electron chi connectivity index (χ1n) is 7.84. The van der Waals surface area contributed by atoms with Gasteiger partial charge in [0.25, 0.3) is 0 Å². The van der Waals surface area contributed by atoms with Gasteiger partial charge in [0.2, 0.25) is 0 Å².